The summed E-state index contributed by atoms with van der Waals surface area (Å²) in [5, 5.41) is 10.1. The van der Waals surface area contributed by atoms with Crippen LogP contribution in [-0.4, -0.2) is 10.7 Å². The molecule has 0 aliphatic heterocycles. The second-order valence-electron chi connectivity index (χ2n) is 5.14. The third kappa shape index (κ3) is 2.57. The van der Waals surface area contributed by atoms with Crippen molar-refractivity contribution >= 4 is 0 Å². The average Bonchev–Trinajstić information content (AvgIpc) is 2.03. The number of hydrogen-bond donors (Lipinski definition) is 1. The molecule has 0 aromatic carbocycles. The molecular formula is C12H22O. The summed E-state index contributed by atoms with van der Waals surface area (Å²) in [6.07, 6.45) is 6.63. The molecule has 1 nitrogen and oxygen atoms in total. The molecule has 1 heteroatoms. The van der Waals surface area contributed by atoms with Crippen LogP contribution in [0.4, 0.5) is 0 Å². The van der Waals surface area contributed by atoms with E-state index < -0.39 is 5.60 Å². The lowest BCUT2D eigenvalue weighted by Gasteiger charge is -2.34. The summed E-state index contributed by atoms with van der Waals surface area (Å²) >= 11 is 0. The summed E-state index contributed by atoms with van der Waals surface area (Å²) in [5.41, 5.74) is 0.955. The zero-order valence-corrected chi connectivity index (χ0v) is 9.35. The van der Waals surface area contributed by atoms with Crippen LogP contribution in [0.15, 0.2) is 11.6 Å². The molecule has 1 unspecified atom stereocenters. The Morgan fingerprint density at radius 1 is 1.54 bits per heavy atom. The molecule has 0 spiro atoms. The minimum absolute atomic E-state index is 0.284. The lowest BCUT2D eigenvalue weighted by molar-refractivity contribution is 0.0856. The number of aliphatic hydroxyl groups is 1. The van der Waals surface area contributed by atoms with Crippen molar-refractivity contribution in [3.8, 4) is 0 Å². The van der Waals surface area contributed by atoms with E-state index in [0.29, 0.717) is 0 Å². The quantitative estimate of drug-likeness (QED) is 0.650. The first-order valence-electron chi connectivity index (χ1n) is 5.32. The standard InChI is InChI=1S/C12H22O/c1-5-12(4,13)10-7-6-8-11(2,3)9-10/h9,13H,5-8H2,1-4H3. The van der Waals surface area contributed by atoms with Crippen LogP contribution in [0.5, 0.6) is 0 Å². The van der Waals surface area contributed by atoms with Gasteiger partial charge in [-0.1, -0.05) is 26.8 Å². The molecule has 1 aliphatic carbocycles. The molecule has 0 aromatic rings. The Balaban J connectivity index is 2.86. The summed E-state index contributed by atoms with van der Waals surface area (Å²) in [6.45, 7) is 8.47. The molecule has 0 saturated carbocycles. The van der Waals surface area contributed by atoms with Crippen LogP contribution >= 0.6 is 0 Å². The number of allylic oxidation sites excluding steroid dienone is 1. The molecule has 1 rings (SSSR count). The third-order valence-corrected chi connectivity index (χ3v) is 3.21. The SMILES string of the molecule is CCC(C)(O)C1=CC(C)(C)CCC1. The Kier molecular flexibility index (Phi) is 2.86. The second-order valence-corrected chi connectivity index (χ2v) is 5.14. The van der Waals surface area contributed by atoms with Crippen molar-refractivity contribution < 1.29 is 5.11 Å². The molecule has 0 heterocycles. The monoisotopic (exact) mass is 182 g/mol. The topological polar surface area (TPSA) is 20.2 Å². The summed E-state index contributed by atoms with van der Waals surface area (Å²) in [5.74, 6) is 0. The van der Waals surface area contributed by atoms with E-state index in [1.165, 1.54) is 18.4 Å². The van der Waals surface area contributed by atoms with Crippen LogP contribution in [0.3, 0.4) is 0 Å². The minimum Gasteiger partial charge on any atom is -0.386 e. The Morgan fingerprint density at radius 3 is 2.62 bits per heavy atom. The van der Waals surface area contributed by atoms with Crippen molar-refractivity contribution in [3.63, 3.8) is 0 Å². The molecule has 1 atom stereocenters. The summed E-state index contributed by atoms with van der Waals surface area (Å²) in [7, 11) is 0. The molecule has 0 bridgehead atoms. The van der Waals surface area contributed by atoms with Gasteiger partial charge in [-0.15, -0.1) is 0 Å². The van der Waals surface area contributed by atoms with E-state index in [1.54, 1.807) is 0 Å². The maximum Gasteiger partial charge on any atom is 0.0826 e. The Morgan fingerprint density at radius 2 is 2.15 bits per heavy atom. The average molecular weight is 182 g/mol. The summed E-state index contributed by atoms with van der Waals surface area (Å²) in [6, 6.07) is 0. The van der Waals surface area contributed by atoms with Gasteiger partial charge in [0.25, 0.3) is 0 Å². The van der Waals surface area contributed by atoms with Crippen molar-refractivity contribution in [3.05, 3.63) is 11.6 Å². The zero-order chi connectivity index (χ0) is 10.1. The first kappa shape index (κ1) is 10.8. The molecule has 0 amide bonds. The molecule has 0 saturated heterocycles. The van der Waals surface area contributed by atoms with E-state index in [2.05, 4.69) is 19.9 Å². The Labute approximate surface area is 81.9 Å². The van der Waals surface area contributed by atoms with Crippen LogP contribution in [0, 0.1) is 5.41 Å². The fraction of sp³-hybridized carbons (Fsp3) is 0.833. The molecule has 0 aromatic heterocycles. The Hall–Kier alpha value is -0.300. The smallest absolute Gasteiger partial charge is 0.0826 e. The normalized spacial score (nSPS) is 26.4. The molecule has 13 heavy (non-hydrogen) atoms. The summed E-state index contributed by atoms with van der Waals surface area (Å²) < 4.78 is 0. The van der Waals surface area contributed by atoms with Crippen molar-refractivity contribution in [2.75, 3.05) is 0 Å². The lowest BCUT2D eigenvalue weighted by Crippen LogP contribution is -2.29. The van der Waals surface area contributed by atoms with E-state index in [9.17, 15) is 5.11 Å². The van der Waals surface area contributed by atoms with Gasteiger partial charge in [0.1, 0.15) is 0 Å². The van der Waals surface area contributed by atoms with Gasteiger partial charge < -0.3 is 5.11 Å². The second kappa shape index (κ2) is 3.45. The molecular weight excluding hydrogens is 160 g/mol. The lowest BCUT2D eigenvalue weighted by atomic mass is 9.75. The van der Waals surface area contributed by atoms with Gasteiger partial charge in [0.05, 0.1) is 5.60 Å². The highest BCUT2D eigenvalue weighted by Crippen LogP contribution is 2.38. The predicted octanol–water partition coefficient (Wildman–Crippen LogP) is 3.28. The van der Waals surface area contributed by atoms with Crippen LogP contribution in [0.25, 0.3) is 0 Å². The minimum atomic E-state index is -0.572. The fourth-order valence-electron chi connectivity index (χ4n) is 2.00. The van der Waals surface area contributed by atoms with E-state index in [1.807, 2.05) is 13.8 Å². The largest absolute Gasteiger partial charge is 0.386 e. The first-order chi connectivity index (χ1) is 5.87. The maximum absolute atomic E-state index is 10.1. The molecule has 1 aliphatic rings. The van der Waals surface area contributed by atoms with Gasteiger partial charge in [-0.2, -0.15) is 0 Å². The summed E-state index contributed by atoms with van der Waals surface area (Å²) in [4.78, 5) is 0. The van der Waals surface area contributed by atoms with Crippen LogP contribution in [0.2, 0.25) is 0 Å². The highest BCUT2D eigenvalue weighted by molar-refractivity contribution is 5.20. The van der Waals surface area contributed by atoms with Crippen molar-refractivity contribution in [1.82, 2.24) is 0 Å². The van der Waals surface area contributed by atoms with Crippen LogP contribution in [0.1, 0.15) is 53.4 Å². The van der Waals surface area contributed by atoms with Gasteiger partial charge >= 0.3 is 0 Å². The third-order valence-electron chi connectivity index (χ3n) is 3.21. The van der Waals surface area contributed by atoms with E-state index in [4.69, 9.17) is 0 Å². The van der Waals surface area contributed by atoms with Crippen molar-refractivity contribution in [2.45, 2.75) is 59.0 Å². The predicted molar refractivity (Wildman–Crippen MR) is 56.6 cm³/mol. The maximum atomic E-state index is 10.1. The zero-order valence-electron chi connectivity index (χ0n) is 9.35. The Bertz CT molecular complexity index is 211. The van der Waals surface area contributed by atoms with E-state index in [0.717, 1.165) is 12.8 Å². The number of hydrogen-bond acceptors (Lipinski definition) is 1. The number of rotatable bonds is 2. The van der Waals surface area contributed by atoms with Gasteiger partial charge in [-0.05, 0) is 43.6 Å². The molecule has 76 valence electrons. The van der Waals surface area contributed by atoms with E-state index >= 15 is 0 Å². The van der Waals surface area contributed by atoms with Crippen LogP contribution < -0.4 is 0 Å². The first-order valence-corrected chi connectivity index (χ1v) is 5.32. The highest BCUT2D eigenvalue weighted by Gasteiger charge is 2.29. The van der Waals surface area contributed by atoms with Crippen molar-refractivity contribution in [1.29, 1.82) is 0 Å². The van der Waals surface area contributed by atoms with Gasteiger partial charge in [0.15, 0.2) is 0 Å². The fourth-order valence-corrected chi connectivity index (χ4v) is 2.00. The van der Waals surface area contributed by atoms with Gasteiger partial charge in [0.2, 0.25) is 0 Å². The van der Waals surface area contributed by atoms with Crippen LogP contribution in [-0.2, 0) is 0 Å². The van der Waals surface area contributed by atoms with Crippen molar-refractivity contribution in [2.24, 2.45) is 5.41 Å². The highest BCUT2D eigenvalue weighted by atomic mass is 16.3. The molecule has 0 radical (unpaired) electrons. The molecule has 1 N–H and O–H groups in total. The van der Waals surface area contributed by atoms with Gasteiger partial charge in [-0.25, -0.2) is 0 Å². The van der Waals surface area contributed by atoms with E-state index in [-0.39, 0.29) is 5.41 Å². The van der Waals surface area contributed by atoms with Gasteiger partial charge in [-0.3, -0.25) is 0 Å². The van der Waals surface area contributed by atoms with Gasteiger partial charge in [0, 0.05) is 0 Å². The molecule has 0 fully saturated rings.